The topological polar surface area (TPSA) is 115 Å². The van der Waals surface area contributed by atoms with Gasteiger partial charge < -0.3 is 14.5 Å². The molecule has 2 N–H and O–H groups in total. The van der Waals surface area contributed by atoms with Gasteiger partial charge in [0.15, 0.2) is 0 Å². The van der Waals surface area contributed by atoms with Gasteiger partial charge in [0.1, 0.15) is 5.75 Å². The number of benzene rings is 2. The first-order chi connectivity index (χ1) is 17.2. The molecule has 0 aliphatic heterocycles. The van der Waals surface area contributed by atoms with Crippen LogP contribution in [0.3, 0.4) is 0 Å². The standard InChI is InChI=1S/C28H32N2O6S/c1-17-8-13-22(26(31)29-17)20-14-19(25(35-5)24(15-20)28(2,3)4)10-9-18-11-12-21(30-37(7,33)34)16-23(18)27(32)36-6/h8-16,30H,1-7H3,(H,29,31). The highest BCUT2D eigenvalue weighted by Gasteiger charge is 2.23. The van der Waals surface area contributed by atoms with Gasteiger partial charge in [0.2, 0.25) is 10.0 Å². The third-order valence-corrected chi connectivity index (χ3v) is 6.31. The molecule has 9 heteroatoms. The minimum Gasteiger partial charge on any atom is -0.496 e. The van der Waals surface area contributed by atoms with Crippen molar-refractivity contribution in [1.82, 2.24) is 4.98 Å². The maximum absolute atomic E-state index is 12.7. The number of aryl methyl sites for hydroxylation is 1. The Morgan fingerprint density at radius 3 is 2.24 bits per heavy atom. The Kier molecular flexibility index (Phi) is 7.97. The van der Waals surface area contributed by atoms with Crippen LogP contribution < -0.4 is 15.0 Å². The third kappa shape index (κ3) is 6.68. The van der Waals surface area contributed by atoms with Gasteiger partial charge in [-0.2, -0.15) is 0 Å². The van der Waals surface area contributed by atoms with Gasteiger partial charge in [-0.25, -0.2) is 13.2 Å². The minimum atomic E-state index is -3.52. The average Bonchev–Trinajstić information content (AvgIpc) is 2.80. The number of anilines is 1. The fraction of sp³-hybridized carbons (Fsp3) is 0.286. The summed E-state index contributed by atoms with van der Waals surface area (Å²) in [5, 5.41) is 0. The van der Waals surface area contributed by atoms with Gasteiger partial charge in [-0.15, -0.1) is 0 Å². The zero-order valence-corrected chi connectivity index (χ0v) is 22.9. The lowest BCUT2D eigenvalue weighted by Gasteiger charge is -2.24. The lowest BCUT2D eigenvalue weighted by Crippen LogP contribution is -2.15. The molecule has 0 radical (unpaired) electrons. The first-order valence-corrected chi connectivity index (χ1v) is 13.4. The molecule has 0 spiro atoms. The number of pyridine rings is 1. The summed E-state index contributed by atoms with van der Waals surface area (Å²) in [5.41, 5.74) is 4.10. The van der Waals surface area contributed by atoms with E-state index in [4.69, 9.17) is 9.47 Å². The molecule has 3 aromatic rings. The molecule has 8 nitrogen and oxygen atoms in total. The highest BCUT2D eigenvalue weighted by atomic mass is 32.2. The zero-order chi connectivity index (χ0) is 27.5. The quantitative estimate of drug-likeness (QED) is 0.333. The highest BCUT2D eigenvalue weighted by Crippen LogP contribution is 2.38. The predicted molar refractivity (Wildman–Crippen MR) is 148 cm³/mol. The van der Waals surface area contributed by atoms with Crippen molar-refractivity contribution >= 4 is 33.8 Å². The number of hydrogen-bond donors (Lipinski definition) is 2. The van der Waals surface area contributed by atoms with Crippen molar-refractivity contribution in [2.45, 2.75) is 33.1 Å². The van der Waals surface area contributed by atoms with E-state index in [-0.39, 0.29) is 22.2 Å². The zero-order valence-electron chi connectivity index (χ0n) is 22.1. The van der Waals surface area contributed by atoms with E-state index < -0.39 is 16.0 Å². The first kappa shape index (κ1) is 27.7. The number of carbonyl (C=O) groups is 1. The fourth-order valence-electron chi connectivity index (χ4n) is 3.96. The Morgan fingerprint density at radius 2 is 1.68 bits per heavy atom. The molecule has 37 heavy (non-hydrogen) atoms. The van der Waals surface area contributed by atoms with Crippen molar-refractivity contribution < 1.29 is 22.7 Å². The monoisotopic (exact) mass is 524 g/mol. The molecule has 0 aliphatic rings. The van der Waals surface area contributed by atoms with Crippen LogP contribution in [0.2, 0.25) is 0 Å². The Balaban J connectivity index is 2.21. The Morgan fingerprint density at radius 1 is 1.00 bits per heavy atom. The second kappa shape index (κ2) is 10.6. The number of esters is 1. The van der Waals surface area contributed by atoms with Crippen LogP contribution in [0.25, 0.3) is 23.3 Å². The van der Waals surface area contributed by atoms with Crippen molar-refractivity contribution in [1.29, 1.82) is 0 Å². The number of rotatable bonds is 7. The molecular formula is C28H32N2O6S. The summed E-state index contributed by atoms with van der Waals surface area (Å²) in [6.45, 7) is 8.00. The largest absolute Gasteiger partial charge is 0.496 e. The number of aromatic amines is 1. The lowest BCUT2D eigenvalue weighted by molar-refractivity contribution is 0.0600. The molecule has 1 heterocycles. The number of carbonyl (C=O) groups excluding carboxylic acids is 1. The van der Waals surface area contributed by atoms with Crippen LogP contribution in [0.15, 0.2) is 47.3 Å². The van der Waals surface area contributed by atoms with Gasteiger partial charge in [-0.3, -0.25) is 9.52 Å². The lowest BCUT2D eigenvalue weighted by atomic mass is 9.83. The number of sulfonamides is 1. The van der Waals surface area contributed by atoms with Crippen LogP contribution in [0.1, 0.15) is 53.5 Å². The molecule has 0 saturated carbocycles. The van der Waals surface area contributed by atoms with Crippen LogP contribution in [-0.2, 0) is 20.2 Å². The van der Waals surface area contributed by atoms with E-state index in [1.807, 2.05) is 25.1 Å². The van der Waals surface area contributed by atoms with Crippen LogP contribution >= 0.6 is 0 Å². The summed E-state index contributed by atoms with van der Waals surface area (Å²) in [7, 11) is -0.678. The molecule has 0 atom stereocenters. The van der Waals surface area contributed by atoms with Gasteiger partial charge in [0.05, 0.1) is 26.0 Å². The van der Waals surface area contributed by atoms with Crippen molar-refractivity contribution in [3.8, 4) is 16.9 Å². The van der Waals surface area contributed by atoms with E-state index in [0.29, 0.717) is 22.4 Å². The van der Waals surface area contributed by atoms with E-state index in [1.165, 1.54) is 13.2 Å². The summed E-state index contributed by atoms with van der Waals surface area (Å²) < 4.78 is 36.4. The van der Waals surface area contributed by atoms with E-state index in [1.54, 1.807) is 37.5 Å². The number of nitrogens with one attached hydrogen (secondary N) is 2. The van der Waals surface area contributed by atoms with Crippen molar-refractivity contribution in [3.63, 3.8) is 0 Å². The maximum Gasteiger partial charge on any atom is 0.338 e. The van der Waals surface area contributed by atoms with Crippen LogP contribution in [0.5, 0.6) is 5.75 Å². The molecule has 0 bridgehead atoms. The maximum atomic E-state index is 12.7. The first-order valence-electron chi connectivity index (χ1n) is 11.5. The molecule has 0 fully saturated rings. The average molecular weight is 525 g/mol. The molecule has 0 saturated heterocycles. The van der Waals surface area contributed by atoms with Gasteiger partial charge >= 0.3 is 5.97 Å². The van der Waals surface area contributed by atoms with Gasteiger partial charge in [0, 0.05) is 28.1 Å². The Hall–Kier alpha value is -3.85. The van der Waals surface area contributed by atoms with Crippen molar-refractivity contribution in [3.05, 3.63) is 80.8 Å². The summed E-state index contributed by atoms with van der Waals surface area (Å²) in [6.07, 6.45) is 4.55. The van der Waals surface area contributed by atoms with Gasteiger partial charge in [-0.1, -0.05) is 39.0 Å². The van der Waals surface area contributed by atoms with Crippen molar-refractivity contribution in [2.24, 2.45) is 0 Å². The smallest absolute Gasteiger partial charge is 0.338 e. The SMILES string of the molecule is COC(=O)c1cc(NS(C)(=O)=O)ccc1C=Cc1cc(-c2ccc(C)[nH]c2=O)cc(C(C)(C)C)c1OC. The molecule has 0 unspecified atom stereocenters. The van der Waals surface area contributed by atoms with Crippen LogP contribution in [-0.4, -0.2) is 39.8 Å². The predicted octanol–water partition coefficient (Wildman–Crippen LogP) is 4.98. The highest BCUT2D eigenvalue weighted by molar-refractivity contribution is 7.92. The van der Waals surface area contributed by atoms with Crippen molar-refractivity contribution in [2.75, 3.05) is 25.2 Å². The number of ether oxygens (including phenoxy) is 2. The minimum absolute atomic E-state index is 0.188. The van der Waals surface area contributed by atoms with E-state index >= 15 is 0 Å². The number of hydrogen-bond acceptors (Lipinski definition) is 6. The van der Waals surface area contributed by atoms with E-state index in [0.717, 1.165) is 23.1 Å². The van der Waals surface area contributed by atoms with Crippen LogP contribution in [0.4, 0.5) is 5.69 Å². The normalized spacial score (nSPS) is 12.0. The van der Waals surface area contributed by atoms with E-state index in [9.17, 15) is 18.0 Å². The van der Waals surface area contributed by atoms with Gasteiger partial charge in [0.25, 0.3) is 5.56 Å². The number of methoxy groups -OCH3 is 2. The number of aromatic nitrogens is 1. The second-order valence-electron chi connectivity index (χ2n) is 9.78. The summed E-state index contributed by atoms with van der Waals surface area (Å²) in [6, 6.07) is 12.1. The molecule has 2 aromatic carbocycles. The Labute approximate surface area is 217 Å². The summed E-state index contributed by atoms with van der Waals surface area (Å²) in [4.78, 5) is 28.0. The Bertz CT molecular complexity index is 1530. The molecule has 0 aliphatic carbocycles. The second-order valence-corrected chi connectivity index (χ2v) is 11.5. The third-order valence-electron chi connectivity index (χ3n) is 5.70. The van der Waals surface area contributed by atoms with E-state index in [2.05, 4.69) is 30.5 Å². The fourth-order valence-corrected chi connectivity index (χ4v) is 4.52. The van der Waals surface area contributed by atoms with Crippen LogP contribution in [0, 0.1) is 6.92 Å². The molecule has 196 valence electrons. The molecular weight excluding hydrogens is 492 g/mol. The molecule has 3 rings (SSSR count). The summed E-state index contributed by atoms with van der Waals surface area (Å²) in [5.74, 6) is 0.0325. The number of H-pyrrole nitrogens is 1. The summed E-state index contributed by atoms with van der Waals surface area (Å²) >= 11 is 0. The van der Waals surface area contributed by atoms with Gasteiger partial charge in [-0.05, 0) is 59.9 Å². The molecule has 0 amide bonds. The molecule has 1 aromatic heterocycles.